The number of nitrogens with one attached hydrogen (secondary N) is 1. The van der Waals surface area contributed by atoms with Gasteiger partial charge in [-0.25, -0.2) is 4.98 Å². The van der Waals surface area contributed by atoms with E-state index in [9.17, 15) is 4.79 Å². The number of amides is 1. The molecule has 0 aromatic carbocycles. The fourth-order valence-corrected chi connectivity index (χ4v) is 4.69. The van der Waals surface area contributed by atoms with Crippen molar-refractivity contribution in [3.63, 3.8) is 0 Å². The van der Waals surface area contributed by atoms with Crippen LogP contribution in [0.3, 0.4) is 0 Å². The van der Waals surface area contributed by atoms with E-state index in [4.69, 9.17) is 16.3 Å². The van der Waals surface area contributed by atoms with Crippen molar-refractivity contribution in [2.75, 3.05) is 13.1 Å². The van der Waals surface area contributed by atoms with Crippen molar-refractivity contribution >= 4 is 28.8 Å². The molecule has 25 heavy (non-hydrogen) atoms. The topological polar surface area (TPSA) is 54.5 Å². The second-order valence-electron chi connectivity index (χ2n) is 6.65. The smallest absolute Gasteiger partial charge is 0.261 e. The zero-order valence-corrected chi connectivity index (χ0v) is 15.5. The Morgan fingerprint density at radius 2 is 2.12 bits per heavy atom. The first-order valence-electron chi connectivity index (χ1n) is 8.54. The van der Waals surface area contributed by atoms with Crippen LogP contribution in [-0.2, 0) is 0 Å². The number of nitrogens with zero attached hydrogens (tertiary/aromatic N) is 2. The highest BCUT2D eigenvalue weighted by molar-refractivity contribution is 7.15. The number of aromatic nitrogens is 1. The lowest BCUT2D eigenvalue weighted by molar-refractivity contribution is 0.0218. The Bertz CT molecular complexity index is 754. The van der Waals surface area contributed by atoms with Gasteiger partial charge in [0.05, 0.1) is 11.1 Å². The van der Waals surface area contributed by atoms with Crippen molar-refractivity contribution in [1.29, 1.82) is 0 Å². The van der Waals surface area contributed by atoms with Crippen molar-refractivity contribution < 1.29 is 9.53 Å². The summed E-state index contributed by atoms with van der Waals surface area (Å²) in [7, 11) is 0. The molecule has 0 spiro atoms. The van der Waals surface area contributed by atoms with Gasteiger partial charge in [-0.15, -0.1) is 0 Å². The van der Waals surface area contributed by atoms with E-state index in [-0.39, 0.29) is 11.9 Å². The maximum absolute atomic E-state index is 12.6. The summed E-state index contributed by atoms with van der Waals surface area (Å²) in [5, 5.41) is 4.33. The minimum atomic E-state index is -0.0142. The van der Waals surface area contributed by atoms with Crippen LogP contribution >= 0.6 is 22.9 Å². The number of ether oxygens (including phenoxy) is 1. The Labute approximate surface area is 156 Å². The summed E-state index contributed by atoms with van der Waals surface area (Å²) in [6.07, 6.45) is 3.92. The number of halogens is 1. The van der Waals surface area contributed by atoms with Gasteiger partial charge in [0.2, 0.25) is 0 Å². The van der Waals surface area contributed by atoms with Crippen LogP contribution in [0.15, 0.2) is 30.5 Å². The lowest BCUT2D eigenvalue weighted by atomic mass is 9.79. The number of rotatable bonds is 4. The van der Waals surface area contributed by atoms with E-state index >= 15 is 0 Å². The average molecular weight is 378 g/mol. The molecule has 132 valence electrons. The number of carbonyl (C=O) groups excluding carboxylic acids is 1. The van der Waals surface area contributed by atoms with Crippen LogP contribution in [0.25, 0.3) is 0 Å². The molecule has 0 unspecified atom stereocenters. The predicted octanol–water partition coefficient (Wildman–Crippen LogP) is 3.80. The van der Waals surface area contributed by atoms with E-state index in [2.05, 4.69) is 22.1 Å². The van der Waals surface area contributed by atoms with E-state index in [0.717, 1.165) is 13.1 Å². The first kappa shape index (κ1) is 16.8. The van der Waals surface area contributed by atoms with Gasteiger partial charge < -0.3 is 10.1 Å². The molecule has 1 N–H and O–H groups in total. The van der Waals surface area contributed by atoms with Gasteiger partial charge in [0, 0.05) is 12.1 Å². The fraction of sp³-hybridized carbons (Fsp3) is 0.444. The number of piperidine rings is 3. The number of fused-ring (bicyclic) bond motifs is 3. The van der Waals surface area contributed by atoms with Crippen molar-refractivity contribution in [2.24, 2.45) is 5.92 Å². The van der Waals surface area contributed by atoms with Gasteiger partial charge in [0.25, 0.3) is 5.91 Å². The molecule has 3 aliphatic heterocycles. The number of thiophene rings is 1. The molecule has 5 rings (SSSR count). The van der Waals surface area contributed by atoms with E-state index in [1.807, 2.05) is 12.1 Å². The summed E-state index contributed by atoms with van der Waals surface area (Å²) in [6.45, 7) is 4.53. The molecular formula is C18H20ClN3O2S. The largest absolute Gasteiger partial charge is 0.445 e. The summed E-state index contributed by atoms with van der Waals surface area (Å²) in [4.78, 5) is 19.8. The van der Waals surface area contributed by atoms with Crippen LogP contribution in [0, 0.1) is 5.92 Å². The van der Waals surface area contributed by atoms with Gasteiger partial charge >= 0.3 is 0 Å². The Kier molecular flexibility index (Phi) is 4.67. The highest BCUT2D eigenvalue weighted by Gasteiger charge is 2.40. The third-order valence-electron chi connectivity index (χ3n) is 5.20. The van der Waals surface area contributed by atoms with Crippen LogP contribution < -0.4 is 10.1 Å². The Balaban J connectivity index is 1.41. The van der Waals surface area contributed by atoms with Gasteiger partial charge in [0.15, 0.2) is 5.06 Å². The van der Waals surface area contributed by atoms with Gasteiger partial charge in [-0.05, 0) is 63.0 Å². The molecule has 3 saturated heterocycles. The molecule has 7 heteroatoms. The fourth-order valence-electron chi connectivity index (χ4n) is 3.80. The number of hydrogen-bond acceptors (Lipinski definition) is 5. The maximum Gasteiger partial charge on any atom is 0.261 e. The van der Waals surface area contributed by atoms with Crippen molar-refractivity contribution in [2.45, 2.75) is 31.8 Å². The number of hydrogen-bond donors (Lipinski definition) is 1. The third kappa shape index (κ3) is 3.52. The second-order valence-corrected chi connectivity index (χ2v) is 8.08. The molecule has 2 aromatic heterocycles. The minimum absolute atomic E-state index is 0.0142. The third-order valence-corrected chi connectivity index (χ3v) is 6.38. The zero-order chi connectivity index (χ0) is 17.4. The number of pyridine rings is 1. The summed E-state index contributed by atoms with van der Waals surface area (Å²) in [5.41, 5.74) is 0. The lowest BCUT2D eigenvalue weighted by Crippen LogP contribution is -2.62. The van der Waals surface area contributed by atoms with Crippen LogP contribution in [0.4, 0.5) is 0 Å². The second kappa shape index (κ2) is 6.94. The first-order chi connectivity index (χ1) is 12.1. The van der Waals surface area contributed by atoms with E-state index in [1.54, 1.807) is 18.3 Å². The highest BCUT2D eigenvalue weighted by atomic mass is 35.5. The molecule has 1 amide bonds. The van der Waals surface area contributed by atoms with Gasteiger partial charge in [-0.1, -0.05) is 22.9 Å². The normalized spacial score (nSPS) is 27.9. The highest BCUT2D eigenvalue weighted by Crippen LogP contribution is 2.33. The molecule has 5 heterocycles. The molecule has 2 aromatic rings. The van der Waals surface area contributed by atoms with E-state index in [1.165, 1.54) is 24.2 Å². The first-order valence-corrected chi connectivity index (χ1v) is 9.74. The van der Waals surface area contributed by atoms with Crippen LogP contribution in [0.5, 0.6) is 10.8 Å². The number of carbonyl (C=O) groups is 1. The molecule has 3 fully saturated rings. The molecule has 0 saturated carbocycles. The van der Waals surface area contributed by atoms with Crippen molar-refractivity contribution in [1.82, 2.24) is 15.2 Å². The molecule has 0 radical (unpaired) electrons. The van der Waals surface area contributed by atoms with E-state index < -0.39 is 0 Å². The molecular weight excluding hydrogens is 358 g/mol. The van der Waals surface area contributed by atoms with E-state index in [0.29, 0.717) is 32.8 Å². The Hall–Kier alpha value is -1.63. The lowest BCUT2D eigenvalue weighted by Gasteiger charge is -2.49. The summed E-state index contributed by atoms with van der Waals surface area (Å²) < 4.78 is 5.73. The molecule has 2 atom stereocenters. The SMILES string of the molecule is C[C@H]1[C@H](NC(=O)c2ccc(Oc3ccc(Cl)nc3)s2)C2CCN1CC2. The predicted molar refractivity (Wildman–Crippen MR) is 98.7 cm³/mol. The molecule has 2 bridgehead atoms. The minimum Gasteiger partial charge on any atom is -0.445 e. The monoisotopic (exact) mass is 377 g/mol. The zero-order valence-electron chi connectivity index (χ0n) is 13.9. The quantitative estimate of drug-likeness (QED) is 0.823. The van der Waals surface area contributed by atoms with Crippen molar-refractivity contribution in [3.05, 3.63) is 40.5 Å². The van der Waals surface area contributed by atoms with Crippen LogP contribution in [0.1, 0.15) is 29.4 Å². The molecule has 3 aliphatic rings. The van der Waals surface area contributed by atoms with Gasteiger partial charge in [-0.2, -0.15) is 0 Å². The molecule has 5 nitrogen and oxygen atoms in total. The summed E-state index contributed by atoms with van der Waals surface area (Å²) >= 11 is 7.11. The average Bonchev–Trinajstić information content (AvgIpc) is 3.09. The Morgan fingerprint density at radius 1 is 1.32 bits per heavy atom. The summed E-state index contributed by atoms with van der Waals surface area (Å²) in [6, 6.07) is 7.70. The van der Waals surface area contributed by atoms with Gasteiger partial charge in [-0.3, -0.25) is 9.69 Å². The van der Waals surface area contributed by atoms with Crippen LogP contribution in [-0.4, -0.2) is 41.0 Å². The molecule has 0 aliphatic carbocycles. The van der Waals surface area contributed by atoms with Crippen molar-refractivity contribution in [3.8, 4) is 10.8 Å². The van der Waals surface area contributed by atoms with Crippen LogP contribution in [0.2, 0.25) is 5.15 Å². The van der Waals surface area contributed by atoms with Gasteiger partial charge in [0.1, 0.15) is 10.9 Å². The standard InChI is InChI=1S/C18H20ClN3O2S/c1-11-17(12-6-8-22(11)9-7-12)21-18(23)14-3-5-16(25-14)24-13-2-4-15(19)20-10-13/h2-5,10-12,17H,6-9H2,1H3,(H,21,23)/t11-,17-/m0/s1. The Morgan fingerprint density at radius 3 is 2.80 bits per heavy atom. The summed E-state index contributed by atoms with van der Waals surface area (Å²) in [5.74, 6) is 1.18. The maximum atomic E-state index is 12.6.